The first kappa shape index (κ1) is 16.3. The lowest BCUT2D eigenvalue weighted by molar-refractivity contribution is -0.132. The number of aryl methyl sites for hydroxylation is 1. The van der Waals surface area contributed by atoms with E-state index in [-0.39, 0.29) is 0 Å². The van der Waals surface area contributed by atoms with E-state index >= 15 is 0 Å². The Balaban J connectivity index is 1.27. The standard InChI is InChI=1S/C17H27N5OS/c1-2-15-19-17(24-20-15)22-7-5-21(6-8-22)16(23)11-12-9-13-3-4-14(10-12)18-13/h12-14,18H,2-11H2,1H3. The maximum atomic E-state index is 12.7. The molecule has 4 rings (SSSR count). The van der Waals surface area contributed by atoms with Crippen LogP contribution in [0.2, 0.25) is 0 Å². The molecule has 2 atom stereocenters. The van der Waals surface area contributed by atoms with Crippen molar-refractivity contribution >= 4 is 22.6 Å². The lowest BCUT2D eigenvalue weighted by Crippen LogP contribution is -2.49. The fraction of sp³-hybridized carbons (Fsp3) is 0.824. The summed E-state index contributed by atoms with van der Waals surface area (Å²) < 4.78 is 4.36. The van der Waals surface area contributed by atoms with Crippen molar-refractivity contribution in [3.63, 3.8) is 0 Å². The monoisotopic (exact) mass is 349 g/mol. The summed E-state index contributed by atoms with van der Waals surface area (Å²) in [6.45, 7) is 5.47. The number of fused-ring (bicyclic) bond motifs is 2. The SMILES string of the molecule is CCc1nsc(N2CCN(C(=O)CC3CC4CCC(C3)N4)CC2)n1. The number of piperazine rings is 1. The molecule has 1 aromatic heterocycles. The van der Waals surface area contributed by atoms with Gasteiger partial charge in [-0.25, -0.2) is 4.98 Å². The number of aromatic nitrogens is 2. The van der Waals surface area contributed by atoms with Crippen LogP contribution in [0, 0.1) is 5.92 Å². The molecule has 24 heavy (non-hydrogen) atoms. The molecular weight excluding hydrogens is 322 g/mol. The quantitative estimate of drug-likeness (QED) is 0.896. The van der Waals surface area contributed by atoms with Gasteiger partial charge in [0.05, 0.1) is 0 Å². The molecule has 0 saturated carbocycles. The lowest BCUT2D eigenvalue weighted by atomic mass is 9.89. The normalized spacial score (nSPS) is 30.0. The molecule has 1 N–H and O–H groups in total. The van der Waals surface area contributed by atoms with Crippen LogP contribution in [0.15, 0.2) is 0 Å². The highest BCUT2D eigenvalue weighted by Crippen LogP contribution is 2.33. The molecule has 3 saturated heterocycles. The average molecular weight is 350 g/mol. The molecule has 3 fully saturated rings. The molecule has 1 aromatic rings. The Bertz CT molecular complexity index is 571. The van der Waals surface area contributed by atoms with Gasteiger partial charge in [0, 0.05) is 62.6 Å². The summed E-state index contributed by atoms with van der Waals surface area (Å²) in [5, 5.41) is 4.67. The maximum Gasteiger partial charge on any atom is 0.222 e. The predicted octanol–water partition coefficient (Wildman–Crippen LogP) is 1.67. The summed E-state index contributed by atoms with van der Waals surface area (Å²) in [6, 6.07) is 1.34. The van der Waals surface area contributed by atoms with Gasteiger partial charge in [-0.05, 0) is 31.6 Å². The Morgan fingerprint density at radius 3 is 2.54 bits per heavy atom. The Morgan fingerprint density at radius 1 is 1.21 bits per heavy atom. The van der Waals surface area contributed by atoms with Crippen molar-refractivity contribution in [2.75, 3.05) is 31.1 Å². The highest BCUT2D eigenvalue weighted by molar-refractivity contribution is 7.09. The van der Waals surface area contributed by atoms with Gasteiger partial charge in [-0.15, -0.1) is 0 Å². The van der Waals surface area contributed by atoms with Crippen molar-refractivity contribution in [1.29, 1.82) is 0 Å². The number of nitrogens with one attached hydrogen (secondary N) is 1. The average Bonchev–Trinajstić information content (AvgIpc) is 3.21. The Labute approximate surface area is 147 Å². The molecule has 3 aliphatic heterocycles. The molecule has 6 nitrogen and oxygen atoms in total. The first-order valence-electron chi connectivity index (χ1n) is 9.32. The van der Waals surface area contributed by atoms with Gasteiger partial charge in [0.15, 0.2) is 0 Å². The van der Waals surface area contributed by atoms with E-state index in [0.717, 1.165) is 50.0 Å². The molecule has 4 heterocycles. The topological polar surface area (TPSA) is 61.4 Å². The molecule has 2 bridgehead atoms. The predicted molar refractivity (Wildman–Crippen MR) is 95.4 cm³/mol. The second kappa shape index (κ2) is 6.96. The van der Waals surface area contributed by atoms with E-state index in [1.807, 2.05) is 0 Å². The second-order valence-corrected chi connectivity index (χ2v) is 8.12. The van der Waals surface area contributed by atoms with Crippen molar-refractivity contribution in [1.82, 2.24) is 19.6 Å². The Morgan fingerprint density at radius 2 is 1.92 bits per heavy atom. The molecule has 0 spiro atoms. The first-order valence-corrected chi connectivity index (χ1v) is 10.1. The number of hydrogen-bond acceptors (Lipinski definition) is 6. The summed E-state index contributed by atoms with van der Waals surface area (Å²) in [7, 11) is 0. The number of rotatable bonds is 4. The zero-order valence-corrected chi connectivity index (χ0v) is 15.2. The van der Waals surface area contributed by atoms with E-state index in [1.165, 1.54) is 37.2 Å². The van der Waals surface area contributed by atoms with E-state index in [4.69, 9.17) is 0 Å². The van der Waals surface area contributed by atoms with E-state index < -0.39 is 0 Å². The van der Waals surface area contributed by atoms with Crippen LogP contribution in [0.1, 0.15) is 44.9 Å². The van der Waals surface area contributed by atoms with Crippen LogP contribution in [0.5, 0.6) is 0 Å². The van der Waals surface area contributed by atoms with Gasteiger partial charge in [0.25, 0.3) is 0 Å². The fourth-order valence-corrected chi connectivity index (χ4v) is 5.18. The van der Waals surface area contributed by atoms with Gasteiger partial charge in [-0.1, -0.05) is 6.92 Å². The van der Waals surface area contributed by atoms with Crippen molar-refractivity contribution in [2.24, 2.45) is 5.92 Å². The summed E-state index contributed by atoms with van der Waals surface area (Å²) in [6.07, 6.45) is 6.60. The summed E-state index contributed by atoms with van der Waals surface area (Å²) in [4.78, 5) is 21.5. The fourth-order valence-electron chi connectivity index (χ4n) is 4.38. The number of carbonyl (C=O) groups is 1. The number of amides is 1. The third kappa shape index (κ3) is 3.42. The van der Waals surface area contributed by atoms with E-state index in [9.17, 15) is 4.79 Å². The van der Waals surface area contributed by atoms with E-state index in [0.29, 0.717) is 23.9 Å². The molecule has 2 unspecified atom stereocenters. The molecule has 0 aromatic carbocycles. The summed E-state index contributed by atoms with van der Waals surface area (Å²) >= 11 is 1.48. The van der Waals surface area contributed by atoms with Crippen molar-refractivity contribution in [3.8, 4) is 0 Å². The molecular formula is C17H27N5OS. The van der Waals surface area contributed by atoms with Crippen LogP contribution in [0.4, 0.5) is 5.13 Å². The lowest BCUT2D eigenvalue weighted by Gasteiger charge is -2.36. The van der Waals surface area contributed by atoms with Crippen molar-refractivity contribution in [3.05, 3.63) is 5.82 Å². The van der Waals surface area contributed by atoms with E-state index in [1.54, 1.807) is 0 Å². The molecule has 3 aliphatic rings. The largest absolute Gasteiger partial charge is 0.343 e. The molecule has 132 valence electrons. The number of piperidine rings is 1. The van der Waals surface area contributed by atoms with Gasteiger partial charge >= 0.3 is 0 Å². The highest BCUT2D eigenvalue weighted by atomic mass is 32.1. The van der Waals surface area contributed by atoms with Crippen LogP contribution < -0.4 is 10.2 Å². The van der Waals surface area contributed by atoms with E-state index in [2.05, 4.69) is 31.4 Å². The van der Waals surface area contributed by atoms with Crippen LogP contribution in [0.25, 0.3) is 0 Å². The minimum absolute atomic E-state index is 0.354. The zero-order valence-electron chi connectivity index (χ0n) is 14.4. The van der Waals surface area contributed by atoms with Crippen molar-refractivity contribution < 1.29 is 4.79 Å². The smallest absolute Gasteiger partial charge is 0.222 e. The van der Waals surface area contributed by atoms with Gasteiger partial charge in [-0.3, -0.25) is 4.79 Å². The van der Waals surface area contributed by atoms with Crippen LogP contribution in [-0.4, -0.2) is 58.4 Å². The Kier molecular flexibility index (Phi) is 4.72. The van der Waals surface area contributed by atoms with Gasteiger partial charge in [0.1, 0.15) is 5.82 Å². The third-order valence-electron chi connectivity index (χ3n) is 5.71. The number of hydrogen-bond donors (Lipinski definition) is 1. The van der Waals surface area contributed by atoms with Crippen LogP contribution in [0.3, 0.4) is 0 Å². The molecule has 1 amide bonds. The summed E-state index contributed by atoms with van der Waals surface area (Å²) in [5.41, 5.74) is 0. The third-order valence-corrected chi connectivity index (χ3v) is 6.53. The van der Waals surface area contributed by atoms with Crippen molar-refractivity contribution in [2.45, 2.75) is 57.5 Å². The minimum Gasteiger partial charge on any atom is -0.343 e. The number of anilines is 1. The highest BCUT2D eigenvalue weighted by Gasteiger charge is 2.35. The molecule has 0 radical (unpaired) electrons. The maximum absolute atomic E-state index is 12.7. The van der Waals surface area contributed by atoms with Gasteiger partial charge < -0.3 is 15.1 Å². The minimum atomic E-state index is 0.354. The zero-order chi connectivity index (χ0) is 16.5. The number of nitrogens with zero attached hydrogens (tertiary/aromatic N) is 4. The van der Waals surface area contributed by atoms with Gasteiger partial charge in [0.2, 0.25) is 11.0 Å². The number of carbonyl (C=O) groups excluding carboxylic acids is 1. The van der Waals surface area contributed by atoms with Crippen LogP contribution >= 0.6 is 11.5 Å². The molecule has 0 aliphatic carbocycles. The second-order valence-electron chi connectivity index (χ2n) is 7.39. The first-order chi connectivity index (χ1) is 11.7. The summed E-state index contributed by atoms with van der Waals surface area (Å²) in [5.74, 6) is 1.87. The van der Waals surface area contributed by atoms with Crippen LogP contribution in [-0.2, 0) is 11.2 Å². The molecule has 7 heteroatoms. The van der Waals surface area contributed by atoms with Gasteiger partial charge in [-0.2, -0.15) is 4.37 Å². The Hall–Kier alpha value is -1.21.